The predicted octanol–water partition coefficient (Wildman–Crippen LogP) is 6.82. The minimum absolute atomic E-state index is 0.00184. The van der Waals surface area contributed by atoms with E-state index in [1.807, 2.05) is 50.3 Å². The minimum atomic E-state index is -0.879. The molecule has 0 saturated carbocycles. The molecule has 1 aliphatic carbocycles. The lowest BCUT2D eigenvalue weighted by Crippen LogP contribution is -2.32. The van der Waals surface area contributed by atoms with E-state index in [9.17, 15) is 24.8 Å². The zero-order valence-electron chi connectivity index (χ0n) is 29.0. The highest BCUT2D eigenvalue weighted by atomic mass is 16.3. The maximum absolute atomic E-state index is 14.3. The fraction of sp³-hybridized carbons (Fsp3) is 0.341. The Morgan fingerprint density at radius 2 is 1.67 bits per heavy atom. The van der Waals surface area contributed by atoms with E-state index in [0.717, 1.165) is 60.6 Å². The van der Waals surface area contributed by atoms with Crippen LogP contribution in [0.4, 0.5) is 11.4 Å². The number of allylic oxidation sites excluding steroid dienone is 7. The number of ketones is 1. The monoisotopic (exact) mass is 653 g/mol. The van der Waals surface area contributed by atoms with Gasteiger partial charge in [-0.3, -0.25) is 19.8 Å². The molecule has 3 aromatic carbocycles. The Morgan fingerprint density at radius 1 is 0.959 bits per heavy atom. The Hall–Kier alpha value is -5.38. The molecule has 0 amide bonds. The average molecular weight is 654 g/mol. The quantitative estimate of drug-likeness (QED) is 0.0814. The molecule has 0 spiro atoms. The second kappa shape index (κ2) is 12.3. The summed E-state index contributed by atoms with van der Waals surface area (Å²) < 4.78 is 2.28. The molecule has 248 valence electrons. The molecule has 6 rings (SSSR count). The van der Waals surface area contributed by atoms with E-state index >= 15 is 0 Å². The minimum Gasteiger partial charge on any atom is -0.503 e. The number of aromatic hydroxyl groups is 1. The summed E-state index contributed by atoms with van der Waals surface area (Å²) in [5.41, 5.74) is 4.94. The molecule has 2 heterocycles. The van der Waals surface area contributed by atoms with Crippen molar-refractivity contribution in [3.8, 4) is 22.9 Å². The molecule has 0 aromatic heterocycles. The SMILES string of the molecule is CCCCN1/C(=C\C2=C(C(=C=N)C#N)C(=C/C3=[N+](CCCC)c4ccccc4C3(C)C)/C2=O)C(C)(C)c2cc(-c3c(O)c(=O)c3=O)ccc21. The summed E-state index contributed by atoms with van der Waals surface area (Å²) in [6.45, 7) is 14.1. The molecule has 0 atom stereocenters. The van der Waals surface area contributed by atoms with Crippen LogP contribution >= 0.6 is 0 Å². The van der Waals surface area contributed by atoms with E-state index in [2.05, 4.69) is 61.2 Å². The van der Waals surface area contributed by atoms with E-state index in [4.69, 9.17) is 5.41 Å². The van der Waals surface area contributed by atoms with E-state index < -0.39 is 27.4 Å². The summed E-state index contributed by atoms with van der Waals surface area (Å²) in [4.78, 5) is 40.5. The first-order valence-corrected chi connectivity index (χ1v) is 17.0. The van der Waals surface area contributed by atoms with Gasteiger partial charge in [-0.15, -0.1) is 0 Å². The number of carbonyl (C=O) groups excluding carboxylic acids is 1. The van der Waals surface area contributed by atoms with Gasteiger partial charge in [0.1, 0.15) is 18.2 Å². The van der Waals surface area contributed by atoms with Gasteiger partial charge in [0, 0.05) is 64.2 Å². The molecule has 0 fully saturated rings. The number of para-hydroxylation sites is 1. The van der Waals surface area contributed by atoms with Crippen molar-refractivity contribution in [2.24, 2.45) is 0 Å². The number of carbonyl (C=O) groups is 1. The van der Waals surface area contributed by atoms with Gasteiger partial charge in [-0.25, -0.2) is 0 Å². The highest BCUT2D eigenvalue weighted by molar-refractivity contribution is 6.27. The normalized spacial score (nSPS) is 19.0. The lowest BCUT2D eigenvalue weighted by atomic mass is 9.73. The van der Waals surface area contributed by atoms with Crippen molar-refractivity contribution in [1.29, 1.82) is 10.7 Å². The van der Waals surface area contributed by atoms with Gasteiger partial charge in [0.15, 0.2) is 17.2 Å². The van der Waals surface area contributed by atoms with Gasteiger partial charge >= 0.3 is 0 Å². The molecule has 0 unspecified atom stereocenters. The summed E-state index contributed by atoms with van der Waals surface area (Å²) in [6.07, 6.45) is 7.57. The lowest BCUT2D eigenvalue weighted by molar-refractivity contribution is -0.438. The molecule has 2 aliphatic heterocycles. The standard InChI is InChI=1S/C41H40N4O4/c1-7-9-17-44-30-14-12-11-13-28(30)40(3,4)32(44)20-26-34(25(22-42)23-43)27(36(26)46)21-33-41(5,6)29-19-24(35-37(47)39(49)38(35)48)15-16-31(29)45(33)18-10-8-2/h11-16,19-21,42H,7-10,17-18H2,1-6H3/p+1. The number of anilines is 1. The van der Waals surface area contributed by atoms with E-state index in [-0.39, 0.29) is 16.9 Å². The maximum atomic E-state index is 14.3. The summed E-state index contributed by atoms with van der Waals surface area (Å²) >= 11 is 0. The topological polar surface area (TPSA) is 125 Å². The van der Waals surface area contributed by atoms with E-state index in [1.165, 1.54) is 5.56 Å². The molecule has 2 N–H and O–H groups in total. The number of hydrogen-bond donors (Lipinski definition) is 2. The third kappa shape index (κ3) is 5.00. The molecular weight excluding hydrogens is 612 g/mol. The number of Topliss-reactive ketones (excluding diaryl/α,β-unsaturated/α-hetero) is 1. The maximum Gasteiger partial charge on any atom is 0.268 e. The van der Waals surface area contributed by atoms with Crippen molar-refractivity contribution in [2.75, 3.05) is 18.0 Å². The van der Waals surface area contributed by atoms with E-state index in [0.29, 0.717) is 28.8 Å². The largest absolute Gasteiger partial charge is 0.503 e. The fourth-order valence-electron chi connectivity index (χ4n) is 7.57. The molecule has 0 radical (unpaired) electrons. The van der Waals surface area contributed by atoms with Crippen LogP contribution in [-0.4, -0.2) is 40.1 Å². The second-order valence-electron chi connectivity index (χ2n) is 14.1. The van der Waals surface area contributed by atoms with Gasteiger partial charge in [-0.2, -0.15) is 9.84 Å². The van der Waals surface area contributed by atoms with Gasteiger partial charge in [-0.05, 0) is 55.5 Å². The number of fused-ring (bicyclic) bond motifs is 2. The van der Waals surface area contributed by atoms with Crippen LogP contribution in [0.1, 0.15) is 78.4 Å². The molecule has 49 heavy (non-hydrogen) atoms. The van der Waals surface area contributed by atoms with Gasteiger partial charge < -0.3 is 10.0 Å². The van der Waals surface area contributed by atoms with Gasteiger partial charge in [0.25, 0.3) is 5.43 Å². The van der Waals surface area contributed by atoms with Crippen molar-refractivity contribution in [2.45, 2.75) is 78.1 Å². The third-order valence-corrected chi connectivity index (χ3v) is 10.4. The van der Waals surface area contributed by atoms with Crippen LogP contribution < -0.4 is 15.8 Å². The molecular formula is C41H41N4O4+. The zero-order valence-corrected chi connectivity index (χ0v) is 29.0. The number of rotatable bonds is 10. The van der Waals surface area contributed by atoms with Crippen LogP contribution in [0.2, 0.25) is 0 Å². The van der Waals surface area contributed by atoms with E-state index in [1.54, 1.807) is 6.07 Å². The Morgan fingerprint density at radius 3 is 2.33 bits per heavy atom. The highest BCUT2D eigenvalue weighted by Gasteiger charge is 2.47. The zero-order chi connectivity index (χ0) is 35.4. The van der Waals surface area contributed by atoms with Gasteiger partial charge in [0.2, 0.25) is 11.1 Å². The van der Waals surface area contributed by atoms with Crippen molar-refractivity contribution >= 4 is 28.7 Å². The number of hydrogen-bond acceptors (Lipinski definition) is 7. The second-order valence-corrected chi connectivity index (χ2v) is 14.1. The fourth-order valence-corrected chi connectivity index (χ4v) is 7.57. The number of nitrogens with one attached hydrogen (secondary N) is 1. The van der Waals surface area contributed by atoms with Gasteiger partial charge in [-0.1, -0.05) is 64.8 Å². The summed E-state index contributed by atoms with van der Waals surface area (Å²) in [6, 6.07) is 15.9. The van der Waals surface area contributed by atoms with Crippen LogP contribution in [0.5, 0.6) is 5.75 Å². The van der Waals surface area contributed by atoms with Crippen molar-refractivity contribution < 1.29 is 14.5 Å². The number of unbranched alkanes of at least 4 members (excludes halogenated alkanes) is 2. The first-order chi connectivity index (χ1) is 23.3. The Bertz CT molecular complexity index is 2240. The molecule has 8 nitrogen and oxygen atoms in total. The summed E-state index contributed by atoms with van der Waals surface area (Å²) in [7, 11) is 0. The van der Waals surface area contributed by atoms with Crippen LogP contribution in [0.3, 0.4) is 0 Å². The molecule has 0 bridgehead atoms. The predicted molar refractivity (Wildman–Crippen MR) is 193 cm³/mol. The molecule has 0 saturated heterocycles. The van der Waals surface area contributed by atoms with Crippen molar-refractivity contribution in [3.05, 3.63) is 114 Å². The Balaban J connectivity index is 1.52. The molecule has 3 aromatic rings. The first kappa shape index (κ1) is 33.5. The lowest BCUT2D eigenvalue weighted by Gasteiger charge is -2.30. The van der Waals surface area contributed by atoms with Crippen LogP contribution in [0, 0.1) is 16.7 Å². The van der Waals surface area contributed by atoms with Crippen molar-refractivity contribution in [3.63, 3.8) is 0 Å². The average Bonchev–Trinajstić information content (AvgIpc) is 3.44. The van der Waals surface area contributed by atoms with Crippen LogP contribution in [0.15, 0.2) is 92.2 Å². The Kier molecular flexibility index (Phi) is 8.38. The number of nitrogens with zero attached hydrogens (tertiary/aromatic N) is 3. The number of nitriles is 1. The first-order valence-electron chi connectivity index (χ1n) is 17.0. The Labute approximate surface area is 286 Å². The smallest absolute Gasteiger partial charge is 0.268 e. The van der Waals surface area contributed by atoms with Gasteiger partial charge in [0.05, 0.1) is 11.0 Å². The highest BCUT2D eigenvalue weighted by Crippen LogP contribution is 2.51. The third-order valence-electron chi connectivity index (χ3n) is 10.4. The summed E-state index contributed by atoms with van der Waals surface area (Å²) in [5.74, 6) is 1.58. The molecule has 3 aliphatic rings. The van der Waals surface area contributed by atoms with Crippen LogP contribution in [0.25, 0.3) is 11.1 Å². The van der Waals surface area contributed by atoms with Crippen LogP contribution in [-0.2, 0) is 15.6 Å². The summed E-state index contributed by atoms with van der Waals surface area (Å²) in [5, 5.41) is 28.3. The number of benzene rings is 2. The molecule has 8 heteroatoms. The van der Waals surface area contributed by atoms with Crippen molar-refractivity contribution in [1.82, 2.24) is 0 Å².